The normalized spacial score (nSPS) is 11.0. The third-order valence-corrected chi connectivity index (χ3v) is 4.50. The number of thioether (sulfide) groups is 1. The van der Waals surface area contributed by atoms with E-state index in [9.17, 15) is 9.59 Å². The average Bonchev–Trinajstić information content (AvgIpc) is 2.56. The molecule has 7 heteroatoms. The van der Waals surface area contributed by atoms with E-state index in [0.717, 1.165) is 15.2 Å². The smallest absolute Gasteiger partial charge is 0.280 e. The Balaban J connectivity index is 2.11. The molecule has 0 aliphatic carbocycles. The highest BCUT2D eigenvalue weighted by molar-refractivity contribution is 7.98. The molecule has 0 bridgehead atoms. The van der Waals surface area contributed by atoms with Gasteiger partial charge < -0.3 is 0 Å². The van der Waals surface area contributed by atoms with E-state index in [1.165, 1.54) is 23.4 Å². The van der Waals surface area contributed by atoms with Crippen LogP contribution in [0.25, 0.3) is 11.0 Å². The Hall–Kier alpha value is -2.41. The SMILES string of the molecule is Cn1c(=O)c2c(SCc3ccccn3)ccnc2n(C)c1=O. The van der Waals surface area contributed by atoms with E-state index in [1.807, 2.05) is 18.2 Å². The van der Waals surface area contributed by atoms with Crippen molar-refractivity contribution in [3.8, 4) is 0 Å². The molecule has 0 saturated heterocycles. The molecule has 3 heterocycles. The predicted molar refractivity (Wildman–Crippen MR) is 86.0 cm³/mol. The van der Waals surface area contributed by atoms with Gasteiger partial charge in [-0.1, -0.05) is 6.07 Å². The maximum atomic E-state index is 12.4. The molecule has 0 saturated carbocycles. The maximum absolute atomic E-state index is 12.4. The maximum Gasteiger partial charge on any atom is 0.332 e. The van der Waals surface area contributed by atoms with E-state index in [1.54, 1.807) is 25.5 Å². The van der Waals surface area contributed by atoms with Crippen LogP contribution in [-0.2, 0) is 19.8 Å². The van der Waals surface area contributed by atoms with Crippen molar-refractivity contribution >= 4 is 22.8 Å². The minimum Gasteiger partial charge on any atom is -0.280 e. The summed E-state index contributed by atoms with van der Waals surface area (Å²) in [7, 11) is 3.09. The molecule has 0 unspecified atom stereocenters. The lowest BCUT2D eigenvalue weighted by atomic mass is 10.3. The summed E-state index contributed by atoms with van der Waals surface area (Å²) in [6, 6.07) is 7.52. The molecule has 6 nitrogen and oxygen atoms in total. The summed E-state index contributed by atoms with van der Waals surface area (Å²) >= 11 is 1.51. The second-order valence-corrected chi connectivity index (χ2v) is 5.84. The van der Waals surface area contributed by atoms with Crippen LogP contribution >= 0.6 is 11.8 Å². The van der Waals surface area contributed by atoms with Crippen LogP contribution in [0.2, 0.25) is 0 Å². The first-order valence-electron chi connectivity index (χ1n) is 6.67. The number of hydrogen-bond acceptors (Lipinski definition) is 5. The summed E-state index contributed by atoms with van der Waals surface area (Å²) in [5.74, 6) is 0.645. The van der Waals surface area contributed by atoms with Crippen molar-refractivity contribution < 1.29 is 0 Å². The van der Waals surface area contributed by atoms with Crippen molar-refractivity contribution in [3.63, 3.8) is 0 Å². The van der Waals surface area contributed by atoms with Crippen molar-refractivity contribution in [1.82, 2.24) is 19.1 Å². The fourth-order valence-corrected chi connectivity index (χ4v) is 3.17. The van der Waals surface area contributed by atoms with Gasteiger partial charge in [0.2, 0.25) is 0 Å². The van der Waals surface area contributed by atoms with Crippen LogP contribution in [0.4, 0.5) is 0 Å². The summed E-state index contributed by atoms with van der Waals surface area (Å²) in [4.78, 5) is 33.6. The van der Waals surface area contributed by atoms with Crippen LogP contribution in [-0.4, -0.2) is 19.1 Å². The molecular weight excluding hydrogens is 300 g/mol. The Kier molecular flexibility index (Phi) is 3.81. The van der Waals surface area contributed by atoms with Crippen molar-refractivity contribution in [3.05, 3.63) is 63.2 Å². The zero-order valence-corrected chi connectivity index (χ0v) is 13.0. The Morgan fingerprint density at radius 3 is 2.59 bits per heavy atom. The molecule has 3 aromatic rings. The Labute approximate surface area is 130 Å². The van der Waals surface area contributed by atoms with Gasteiger partial charge in [0.1, 0.15) is 5.65 Å². The molecule has 0 spiro atoms. The van der Waals surface area contributed by atoms with E-state index in [0.29, 0.717) is 16.8 Å². The Morgan fingerprint density at radius 1 is 1.05 bits per heavy atom. The lowest BCUT2D eigenvalue weighted by Gasteiger charge is -2.09. The third kappa shape index (κ3) is 2.43. The molecule has 0 aliphatic rings. The predicted octanol–water partition coefficient (Wildman–Crippen LogP) is 1.32. The highest BCUT2D eigenvalue weighted by Crippen LogP contribution is 2.26. The van der Waals surface area contributed by atoms with Crippen molar-refractivity contribution in [2.75, 3.05) is 0 Å². The van der Waals surface area contributed by atoms with E-state index in [4.69, 9.17) is 0 Å². The van der Waals surface area contributed by atoms with Crippen LogP contribution in [0.1, 0.15) is 5.69 Å². The van der Waals surface area contributed by atoms with Gasteiger partial charge in [-0.15, -0.1) is 11.8 Å². The molecule has 112 valence electrons. The number of hydrogen-bond donors (Lipinski definition) is 0. The molecule has 0 aliphatic heterocycles. The first-order valence-corrected chi connectivity index (χ1v) is 7.65. The lowest BCUT2D eigenvalue weighted by molar-refractivity contribution is 0.706. The summed E-state index contributed by atoms with van der Waals surface area (Å²) in [5, 5.41) is 0.466. The van der Waals surface area contributed by atoms with Crippen LogP contribution in [0.3, 0.4) is 0 Å². The molecule has 0 N–H and O–H groups in total. The summed E-state index contributed by atoms with van der Waals surface area (Å²) in [6.07, 6.45) is 3.35. The number of rotatable bonds is 3. The average molecular weight is 314 g/mol. The number of fused-ring (bicyclic) bond motifs is 1. The van der Waals surface area contributed by atoms with Gasteiger partial charge in [0.25, 0.3) is 5.56 Å². The van der Waals surface area contributed by atoms with Crippen LogP contribution in [0.5, 0.6) is 0 Å². The third-order valence-electron chi connectivity index (χ3n) is 3.40. The van der Waals surface area contributed by atoms with Gasteiger partial charge in [0.05, 0.1) is 11.1 Å². The molecule has 22 heavy (non-hydrogen) atoms. The summed E-state index contributed by atoms with van der Waals surface area (Å²) in [5.41, 5.74) is 0.629. The number of nitrogens with zero attached hydrogens (tertiary/aromatic N) is 4. The van der Waals surface area contributed by atoms with Crippen molar-refractivity contribution in [2.24, 2.45) is 14.1 Å². The van der Waals surface area contributed by atoms with Crippen molar-refractivity contribution in [1.29, 1.82) is 0 Å². The lowest BCUT2D eigenvalue weighted by Crippen LogP contribution is -2.37. The topological polar surface area (TPSA) is 69.8 Å². The second-order valence-electron chi connectivity index (χ2n) is 4.82. The highest BCUT2D eigenvalue weighted by atomic mass is 32.2. The highest BCUT2D eigenvalue weighted by Gasteiger charge is 2.13. The fraction of sp³-hybridized carbons (Fsp3) is 0.200. The van der Waals surface area contributed by atoms with Gasteiger partial charge in [-0.25, -0.2) is 9.78 Å². The molecular formula is C15H14N4O2S. The van der Waals surface area contributed by atoms with Gasteiger partial charge in [0.15, 0.2) is 0 Å². The first-order chi connectivity index (χ1) is 10.6. The summed E-state index contributed by atoms with van der Waals surface area (Å²) in [6.45, 7) is 0. The summed E-state index contributed by atoms with van der Waals surface area (Å²) < 4.78 is 2.50. The minimum atomic E-state index is -0.378. The van der Waals surface area contributed by atoms with Gasteiger partial charge in [-0.3, -0.25) is 18.9 Å². The largest absolute Gasteiger partial charge is 0.332 e. The van der Waals surface area contributed by atoms with Crippen LogP contribution < -0.4 is 11.2 Å². The Morgan fingerprint density at radius 2 is 1.86 bits per heavy atom. The van der Waals surface area contributed by atoms with E-state index < -0.39 is 0 Å². The van der Waals surface area contributed by atoms with Gasteiger partial charge >= 0.3 is 5.69 Å². The fourth-order valence-electron chi connectivity index (χ4n) is 2.21. The standard InChI is InChI=1S/C15H14N4O2S/c1-18-13-12(14(20)19(2)15(18)21)11(6-8-17-13)22-9-10-5-3-4-7-16-10/h3-8H,9H2,1-2H3. The number of aryl methyl sites for hydroxylation is 1. The van der Waals surface area contributed by atoms with E-state index >= 15 is 0 Å². The molecule has 3 rings (SSSR count). The molecule has 3 aromatic heterocycles. The van der Waals surface area contributed by atoms with Crippen molar-refractivity contribution in [2.45, 2.75) is 10.6 Å². The monoisotopic (exact) mass is 314 g/mol. The van der Waals surface area contributed by atoms with E-state index in [-0.39, 0.29) is 11.2 Å². The minimum absolute atomic E-state index is 0.324. The zero-order chi connectivity index (χ0) is 15.7. The number of aromatic nitrogens is 4. The molecule has 0 amide bonds. The van der Waals surface area contributed by atoms with Crippen LogP contribution in [0, 0.1) is 0 Å². The molecule has 0 fully saturated rings. The van der Waals surface area contributed by atoms with Gasteiger partial charge in [-0.05, 0) is 18.2 Å². The number of pyridine rings is 2. The molecule has 0 aromatic carbocycles. The van der Waals surface area contributed by atoms with Crippen LogP contribution in [0.15, 0.2) is 51.1 Å². The van der Waals surface area contributed by atoms with Gasteiger partial charge in [0, 0.05) is 37.1 Å². The van der Waals surface area contributed by atoms with E-state index in [2.05, 4.69) is 9.97 Å². The molecule has 0 radical (unpaired) electrons. The quantitative estimate of drug-likeness (QED) is 0.682. The molecule has 0 atom stereocenters. The zero-order valence-electron chi connectivity index (χ0n) is 12.2. The second kappa shape index (κ2) is 5.76. The Bertz CT molecular complexity index is 947. The van der Waals surface area contributed by atoms with Gasteiger partial charge in [-0.2, -0.15) is 0 Å². The first kappa shape index (κ1) is 14.5.